The fraction of sp³-hybridized carbons (Fsp3) is 0.500. The number of nitrogens with zero attached hydrogens (tertiary/aromatic N) is 2. The van der Waals surface area contributed by atoms with E-state index in [-0.39, 0.29) is 16.4 Å². The number of nitrogens with one attached hydrogen (secondary N) is 1. The number of hydrogen-bond acceptors (Lipinski definition) is 4. The maximum atomic E-state index is 13.5. The third kappa shape index (κ3) is 4.19. The van der Waals surface area contributed by atoms with Gasteiger partial charge in [-0.25, -0.2) is 8.42 Å². The third-order valence-corrected chi connectivity index (χ3v) is 7.42. The van der Waals surface area contributed by atoms with Crippen LogP contribution in [0.4, 0.5) is 5.69 Å². The second-order valence-corrected chi connectivity index (χ2v) is 9.57. The number of anilines is 1. The van der Waals surface area contributed by atoms with E-state index in [1.807, 2.05) is 13.0 Å². The van der Waals surface area contributed by atoms with Crippen LogP contribution < -0.4 is 9.46 Å². The Balaban J connectivity index is 2.08. The minimum absolute atomic E-state index is 0.0420. The van der Waals surface area contributed by atoms with Crippen LogP contribution in [0.2, 0.25) is 0 Å². The number of amides is 1. The van der Waals surface area contributed by atoms with Gasteiger partial charge in [-0.1, -0.05) is 18.9 Å². The fourth-order valence-electron chi connectivity index (χ4n) is 4.03. The molecule has 164 valence electrons. The molecule has 0 bridgehead atoms. The molecule has 7 nitrogen and oxygen atoms in total. The number of benzene rings is 1. The number of hydrogen-bond donors (Lipinski definition) is 1. The number of carbonyl (C=O) groups is 1. The predicted molar refractivity (Wildman–Crippen MR) is 118 cm³/mol. The van der Waals surface area contributed by atoms with Crippen LogP contribution in [0.5, 0.6) is 5.75 Å². The van der Waals surface area contributed by atoms with E-state index in [9.17, 15) is 13.2 Å². The quantitative estimate of drug-likeness (QED) is 0.778. The molecule has 1 aliphatic heterocycles. The Bertz CT molecular complexity index is 1050. The predicted octanol–water partition coefficient (Wildman–Crippen LogP) is 3.78. The number of likely N-dealkylation sites (tertiary alicyclic amines) is 1. The van der Waals surface area contributed by atoms with Gasteiger partial charge in [0.1, 0.15) is 10.6 Å². The van der Waals surface area contributed by atoms with Crippen LogP contribution in [-0.4, -0.2) is 44.0 Å². The van der Waals surface area contributed by atoms with Gasteiger partial charge in [0.25, 0.3) is 15.9 Å². The fourth-order valence-corrected chi connectivity index (χ4v) is 5.61. The molecule has 0 aliphatic carbocycles. The second-order valence-electron chi connectivity index (χ2n) is 7.95. The zero-order valence-electron chi connectivity index (χ0n) is 18.4. The molecule has 1 aromatic heterocycles. The van der Waals surface area contributed by atoms with Crippen molar-refractivity contribution in [2.45, 2.75) is 51.3 Å². The highest BCUT2D eigenvalue weighted by atomic mass is 32.2. The molecule has 1 aromatic carbocycles. The second kappa shape index (κ2) is 8.71. The summed E-state index contributed by atoms with van der Waals surface area (Å²) in [6.07, 6.45) is 4.07. The van der Waals surface area contributed by atoms with E-state index in [2.05, 4.69) is 4.72 Å². The number of methoxy groups -OCH3 is 1. The van der Waals surface area contributed by atoms with Crippen LogP contribution >= 0.6 is 0 Å². The Labute approximate surface area is 179 Å². The Morgan fingerprint density at radius 1 is 1.03 bits per heavy atom. The SMILES string of the molecule is COc1ccc(C)cc1NS(=O)(=O)c1c(C(=O)N2CCCCCC2)c(C)n(C)c1C. The van der Waals surface area contributed by atoms with E-state index in [1.54, 1.807) is 42.5 Å². The van der Waals surface area contributed by atoms with Crippen LogP contribution in [0.3, 0.4) is 0 Å². The van der Waals surface area contributed by atoms with Crippen molar-refractivity contribution in [2.75, 3.05) is 24.9 Å². The summed E-state index contributed by atoms with van der Waals surface area (Å²) in [5.41, 5.74) is 2.70. The van der Waals surface area contributed by atoms with Crippen molar-refractivity contribution >= 4 is 21.6 Å². The Kier molecular flexibility index (Phi) is 6.45. The number of sulfonamides is 1. The van der Waals surface area contributed by atoms with Crippen LogP contribution in [0.1, 0.15) is 53.0 Å². The first-order valence-corrected chi connectivity index (χ1v) is 11.8. The Morgan fingerprint density at radius 3 is 2.27 bits per heavy atom. The lowest BCUT2D eigenvalue weighted by atomic mass is 10.2. The highest BCUT2D eigenvalue weighted by molar-refractivity contribution is 7.92. The molecule has 2 aromatic rings. The lowest BCUT2D eigenvalue weighted by Crippen LogP contribution is -2.33. The molecule has 30 heavy (non-hydrogen) atoms. The van der Waals surface area contributed by atoms with Crippen LogP contribution in [0.25, 0.3) is 0 Å². The monoisotopic (exact) mass is 433 g/mol. The van der Waals surface area contributed by atoms with Gasteiger partial charge in [-0.3, -0.25) is 9.52 Å². The normalized spacial score (nSPS) is 15.0. The molecule has 2 heterocycles. The molecule has 1 amide bonds. The molecular formula is C22H31N3O4S. The summed E-state index contributed by atoms with van der Waals surface area (Å²) in [5.74, 6) is 0.213. The molecule has 3 rings (SSSR count). The summed E-state index contributed by atoms with van der Waals surface area (Å²) in [4.78, 5) is 15.3. The van der Waals surface area contributed by atoms with Gasteiger partial charge in [0.05, 0.1) is 18.4 Å². The topological polar surface area (TPSA) is 80.6 Å². The number of aromatic nitrogens is 1. The van der Waals surface area contributed by atoms with Gasteiger partial charge < -0.3 is 14.2 Å². The highest BCUT2D eigenvalue weighted by Crippen LogP contribution is 2.32. The summed E-state index contributed by atoms with van der Waals surface area (Å²) in [6.45, 7) is 6.72. The molecular weight excluding hydrogens is 402 g/mol. The lowest BCUT2D eigenvalue weighted by molar-refractivity contribution is 0.0757. The van der Waals surface area contributed by atoms with Gasteiger partial charge in [-0.15, -0.1) is 0 Å². The molecule has 1 N–H and O–H groups in total. The summed E-state index contributed by atoms with van der Waals surface area (Å²) in [5, 5.41) is 0. The van der Waals surface area contributed by atoms with Crippen molar-refractivity contribution in [3.63, 3.8) is 0 Å². The van der Waals surface area contributed by atoms with Crippen molar-refractivity contribution in [1.29, 1.82) is 0 Å². The average Bonchev–Trinajstić information content (AvgIpc) is 2.89. The van der Waals surface area contributed by atoms with Crippen molar-refractivity contribution < 1.29 is 17.9 Å². The van der Waals surface area contributed by atoms with E-state index in [0.29, 0.717) is 35.9 Å². The van der Waals surface area contributed by atoms with Gasteiger partial charge in [0, 0.05) is 31.5 Å². The molecule has 1 fully saturated rings. The molecule has 8 heteroatoms. The Hall–Kier alpha value is -2.48. The first kappa shape index (κ1) is 22.2. The summed E-state index contributed by atoms with van der Waals surface area (Å²) in [7, 11) is -0.734. The van der Waals surface area contributed by atoms with Crippen molar-refractivity contribution in [3.05, 3.63) is 40.7 Å². The van der Waals surface area contributed by atoms with Crippen molar-refractivity contribution in [2.24, 2.45) is 7.05 Å². The number of ether oxygens (including phenoxy) is 1. The number of rotatable bonds is 5. The smallest absolute Gasteiger partial charge is 0.264 e. The molecule has 1 saturated heterocycles. The van der Waals surface area contributed by atoms with Crippen LogP contribution in [0, 0.1) is 20.8 Å². The maximum Gasteiger partial charge on any atom is 0.264 e. The van der Waals surface area contributed by atoms with E-state index < -0.39 is 10.0 Å². The number of aryl methyl sites for hydroxylation is 1. The highest BCUT2D eigenvalue weighted by Gasteiger charge is 2.33. The summed E-state index contributed by atoms with van der Waals surface area (Å²) >= 11 is 0. The minimum atomic E-state index is -4.02. The zero-order valence-corrected chi connectivity index (χ0v) is 19.2. The number of carbonyl (C=O) groups excluding carboxylic acids is 1. The Morgan fingerprint density at radius 2 is 1.67 bits per heavy atom. The maximum absolute atomic E-state index is 13.5. The van der Waals surface area contributed by atoms with E-state index in [1.165, 1.54) is 7.11 Å². The van der Waals surface area contributed by atoms with Gasteiger partial charge in [-0.05, 0) is 51.3 Å². The van der Waals surface area contributed by atoms with Crippen LogP contribution in [-0.2, 0) is 17.1 Å². The largest absolute Gasteiger partial charge is 0.495 e. The molecule has 0 spiro atoms. The molecule has 0 atom stereocenters. The summed E-state index contributed by atoms with van der Waals surface area (Å²) < 4.78 is 36.7. The van der Waals surface area contributed by atoms with Gasteiger partial charge in [0.15, 0.2) is 0 Å². The zero-order chi connectivity index (χ0) is 22.1. The third-order valence-electron chi connectivity index (χ3n) is 5.90. The lowest BCUT2D eigenvalue weighted by Gasteiger charge is -2.21. The molecule has 0 unspecified atom stereocenters. The first-order valence-electron chi connectivity index (χ1n) is 10.3. The van der Waals surface area contributed by atoms with Gasteiger partial charge in [-0.2, -0.15) is 0 Å². The molecule has 0 radical (unpaired) electrons. The van der Waals surface area contributed by atoms with E-state index in [0.717, 1.165) is 31.2 Å². The van der Waals surface area contributed by atoms with Gasteiger partial charge >= 0.3 is 0 Å². The molecule has 0 saturated carbocycles. The summed E-state index contributed by atoms with van der Waals surface area (Å²) in [6, 6.07) is 5.29. The van der Waals surface area contributed by atoms with Gasteiger partial charge in [0.2, 0.25) is 0 Å². The van der Waals surface area contributed by atoms with E-state index in [4.69, 9.17) is 4.74 Å². The standard InChI is InChI=1S/C22H31N3O4S/c1-15-10-11-19(29-5)18(14-15)23-30(27,28)21-17(3)24(4)16(2)20(21)22(26)25-12-8-6-7-9-13-25/h10-11,14,23H,6-9,12-13H2,1-5H3. The van der Waals surface area contributed by atoms with Crippen molar-refractivity contribution in [1.82, 2.24) is 9.47 Å². The minimum Gasteiger partial charge on any atom is -0.495 e. The molecule has 1 aliphatic rings. The van der Waals surface area contributed by atoms with Crippen molar-refractivity contribution in [3.8, 4) is 5.75 Å². The van der Waals surface area contributed by atoms with Crippen LogP contribution in [0.15, 0.2) is 23.1 Å². The average molecular weight is 434 g/mol. The van der Waals surface area contributed by atoms with E-state index >= 15 is 0 Å². The first-order chi connectivity index (χ1) is 14.2.